The van der Waals surface area contributed by atoms with Crippen LogP contribution in [0, 0.1) is 0 Å². The largest absolute Gasteiger partial charge is 0.496 e. The van der Waals surface area contributed by atoms with Crippen molar-refractivity contribution in [3.8, 4) is 5.75 Å². The lowest BCUT2D eigenvalue weighted by molar-refractivity contribution is -0.119. The Morgan fingerprint density at radius 2 is 2.23 bits per heavy atom. The molecule has 7 heteroatoms. The molecule has 0 saturated heterocycles. The van der Waals surface area contributed by atoms with Gasteiger partial charge in [0.25, 0.3) is 0 Å². The van der Waals surface area contributed by atoms with Crippen LogP contribution >= 0.6 is 11.8 Å². The van der Waals surface area contributed by atoms with Crippen LogP contribution in [-0.2, 0) is 11.2 Å². The van der Waals surface area contributed by atoms with Crippen molar-refractivity contribution >= 4 is 17.7 Å². The first kappa shape index (κ1) is 16.4. The number of amides is 1. The maximum atomic E-state index is 12.0. The zero-order chi connectivity index (χ0) is 15.9. The van der Waals surface area contributed by atoms with Crippen molar-refractivity contribution in [2.24, 2.45) is 0 Å². The van der Waals surface area contributed by atoms with Gasteiger partial charge in [-0.3, -0.25) is 9.89 Å². The highest BCUT2D eigenvalue weighted by molar-refractivity contribution is 7.99. The van der Waals surface area contributed by atoms with Crippen molar-refractivity contribution in [3.05, 3.63) is 35.7 Å². The molecule has 0 aliphatic heterocycles. The normalized spacial score (nSPS) is 12.0. The molecule has 22 heavy (non-hydrogen) atoms. The Balaban J connectivity index is 1.88. The first-order valence-electron chi connectivity index (χ1n) is 7.10. The number of aromatic nitrogens is 3. The van der Waals surface area contributed by atoms with E-state index in [0.717, 1.165) is 23.6 Å². The van der Waals surface area contributed by atoms with Gasteiger partial charge in [-0.05, 0) is 13.0 Å². The van der Waals surface area contributed by atoms with Gasteiger partial charge in [-0.15, -0.1) is 5.10 Å². The third-order valence-corrected chi connectivity index (χ3v) is 4.01. The number of thioether (sulfide) groups is 1. The van der Waals surface area contributed by atoms with Gasteiger partial charge in [-0.25, -0.2) is 4.98 Å². The molecule has 0 fully saturated rings. The summed E-state index contributed by atoms with van der Waals surface area (Å²) < 4.78 is 5.31. The Bertz CT molecular complexity index is 630. The van der Waals surface area contributed by atoms with Crippen LogP contribution < -0.4 is 10.1 Å². The molecule has 1 atom stereocenters. The van der Waals surface area contributed by atoms with Gasteiger partial charge in [-0.1, -0.05) is 36.9 Å². The fourth-order valence-corrected chi connectivity index (χ4v) is 2.64. The Labute approximate surface area is 134 Å². The minimum absolute atomic E-state index is 0.0637. The SMILES string of the molecule is CCc1nc(SCC(=O)NC(C)c2ccccc2OC)n[nH]1. The van der Waals surface area contributed by atoms with Gasteiger partial charge in [0.1, 0.15) is 11.6 Å². The van der Waals surface area contributed by atoms with Crippen molar-refractivity contribution < 1.29 is 9.53 Å². The Hall–Kier alpha value is -2.02. The lowest BCUT2D eigenvalue weighted by Gasteiger charge is -2.16. The van der Waals surface area contributed by atoms with E-state index in [2.05, 4.69) is 20.5 Å². The average molecular weight is 320 g/mol. The predicted octanol–water partition coefficient (Wildman–Crippen LogP) is 2.35. The first-order valence-corrected chi connectivity index (χ1v) is 8.09. The quantitative estimate of drug-likeness (QED) is 0.766. The van der Waals surface area contributed by atoms with Crippen LogP contribution in [0.15, 0.2) is 29.4 Å². The molecule has 0 bridgehead atoms. The van der Waals surface area contributed by atoms with Crippen LogP contribution in [0.4, 0.5) is 0 Å². The zero-order valence-electron chi connectivity index (χ0n) is 12.9. The molecule has 0 radical (unpaired) electrons. The molecule has 2 N–H and O–H groups in total. The number of hydrogen-bond donors (Lipinski definition) is 2. The van der Waals surface area contributed by atoms with Crippen molar-refractivity contribution in [2.45, 2.75) is 31.5 Å². The molecule has 0 saturated carbocycles. The number of nitrogens with one attached hydrogen (secondary N) is 2. The van der Waals surface area contributed by atoms with E-state index >= 15 is 0 Å². The molecule has 0 aliphatic rings. The number of ether oxygens (including phenoxy) is 1. The van der Waals surface area contributed by atoms with Crippen molar-refractivity contribution in [2.75, 3.05) is 12.9 Å². The number of benzene rings is 1. The van der Waals surface area contributed by atoms with Gasteiger partial charge >= 0.3 is 0 Å². The Kier molecular flexibility index (Phi) is 5.83. The van der Waals surface area contributed by atoms with E-state index in [-0.39, 0.29) is 17.7 Å². The third-order valence-electron chi connectivity index (χ3n) is 3.16. The van der Waals surface area contributed by atoms with Gasteiger partial charge in [0.05, 0.1) is 18.9 Å². The number of carbonyl (C=O) groups excluding carboxylic acids is 1. The summed E-state index contributed by atoms with van der Waals surface area (Å²) >= 11 is 1.32. The minimum Gasteiger partial charge on any atom is -0.496 e. The molecule has 6 nitrogen and oxygen atoms in total. The molecule has 1 aromatic heterocycles. The van der Waals surface area contributed by atoms with Gasteiger partial charge in [0.15, 0.2) is 0 Å². The number of rotatable bonds is 7. The van der Waals surface area contributed by atoms with E-state index in [1.807, 2.05) is 38.1 Å². The summed E-state index contributed by atoms with van der Waals surface area (Å²) in [6, 6.07) is 7.53. The highest BCUT2D eigenvalue weighted by Gasteiger charge is 2.14. The van der Waals surface area contributed by atoms with Crippen LogP contribution in [0.5, 0.6) is 5.75 Å². The summed E-state index contributed by atoms with van der Waals surface area (Å²) in [7, 11) is 1.62. The molecule has 1 heterocycles. The summed E-state index contributed by atoms with van der Waals surface area (Å²) in [5.41, 5.74) is 0.953. The van der Waals surface area contributed by atoms with Crippen LogP contribution in [0.1, 0.15) is 31.3 Å². The van der Waals surface area contributed by atoms with Crippen molar-refractivity contribution in [3.63, 3.8) is 0 Å². The topological polar surface area (TPSA) is 79.9 Å². The van der Waals surface area contributed by atoms with Crippen LogP contribution in [0.2, 0.25) is 0 Å². The molecule has 1 aromatic carbocycles. The number of H-pyrrole nitrogens is 1. The van der Waals surface area contributed by atoms with E-state index in [9.17, 15) is 4.79 Å². The maximum absolute atomic E-state index is 12.0. The smallest absolute Gasteiger partial charge is 0.230 e. The summed E-state index contributed by atoms with van der Waals surface area (Å²) in [6.45, 7) is 3.93. The summed E-state index contributed by atoms with van der Waals surface area (Å²) in [5, 5.41) is 10.4. The zero-order valence-corrected chi connectivity index (χ0v) is 13.7. The van der Waals surface area contributed by atoms with E-state index in [4.69, 9.17) is 4.74 Å². The maximum Gasteiger partial charge on any atom is 0.230 e. The highest BCUT2D eigenvalue weighted by Crippen LogP contribution is 2.24. The standard InChI is InChI=1S/C15H20N4O2S/c1-4-13-17-15(19-18-13)22-9-14(20)16-10(2)11-7-5-6-8-12(11)21-3/h5-8,10H,4,9H2,1-3H3,(H,16,20)(H,17,18,19). The van der Waals surface area contributed by atoms with Crippen LogP contribution in [0.3, 0.4) is 0 Å². The van der Waals surface area contributed by atoms with E-state index in [0.29, 0.717) is 5.16 Å². The highest BCUT2D eigenvalue weighted by atomic mass is 32.2. The third kappa shape index (κ3) is 4.24. The molecular formula is C15H20N4O2S. The number of methoxy groups -OCH3 is 1. The second-order valence-electron chi connectivity index (χ2n) is 4.74. The number of aryl methyl sites for hydroxylation is 1. The fourth-order valence-electron chi connectivity index (χ4n) is 2.02. The second-order valence-corrected chi connectivity index (χ2v) is 5.68. The van der Waals surface area contributed by atoms with E-state index < -0.39 is 0 Å². The molecule has 118 valence electrons. The van der Waals surface area contributed by atoms with E-state index in [1.165, 1.54) is 11.8 Å². The van der Waals surface area contributed by atoms with Gasteiger partial charge in [0, 0.05) is 12.0 Å². The summed E-state index contributed by atoms with van der Waals surface area (Å²) in [4.78, 5) is 16.3. The molecule has 0 aliphatic carbocycles. The number of aromatic amines is 1. The molecule has 1 amide bonds. The van der Waals surface area contributed by atoms with Crippen molar-refractivity contribution in [1.29, 1.82) is 0 Å². The Morgan fingerprint density at radius 1 is 1.45 bits per heavy atom. The van der Waals surface area contributed by atoms with Gasteiger partial charge in [0.2, 0.25) is 11.1 Å². The number of nitrogens with zero attached hydrogens (tertiary/aromatic N) is 2. The predicted molar refractivity (Wildman–Crippen MR) is 86.0 cm³/mol. The summed E-state index contributed by atoms with van der Waals surface area (Å²) in [6.07, 6.45) is 0.796. The number of para-hydroxylation sites is 1. The second kappa shape index (κ2) is 7.84. The fraction of sp³-hybridized carbons (Fsp3) is 0.400. The minimum atomic E-state index is -0.123. The molecule has 1 unspecified atom stereocenters. The molecule has 0 spiro atoms. The molecule has 2 rings (SSSR count). The van der Waals surface area contributed by atoms with Crippen LogP contribution in [0.25, 0.3) is 0 Å². The summed E-state index contributed by atoms with van der Waals surface area (Å²) in [5.74, 6) is 1.81. The molecule has 2 aromatic rings. The first-order chi connectivity index (χ1) is 10.6. The van der Waals surface area contributed by atoms with Crippen LogP contribution in [-0.4, -0.2) is 34.0 Å². The number of carbonyl (C=O) groups is 1. The Morgan fingerprint density at radius 3 is 2.91 bits per heavy atom. The lowest BCUT2D eigenvalue weighted by atomic mass is 10.1. The van der Waals surface area contributed by atoms with Gasteiger partial charge in [-0.2, -0.15) is 0 Å². The monoisotopic (exact) mass is 320 g/mol. The van der Waals surface area contributed by atoms with Crippen molar-refractivity contribution in [1.82, 2.24) is 20.5 Å². The van der Waals surface area contributed by atoms with E-state index in [1.54, 1.807) is 7.11 Å². The van der Waals surface area contributed by atoms with Gasteiger partial charge < -0.3 is 10.1 Å². The lowest BCUT2D eigenvalue weighted by Crippen LogP contribution is -2.28. The molecular weight excluding hydrogens is 300 g/mol. The average Bonchev–Trinajstić information content (AvgIpc) is 3.01. The number of hydrogen-bond acceptors (Lipinski definition) is 5.